The van der Waals surface area contributed by atoms with Crippen LogP contribution in [0.5, 0.6) is 5.75 Å². The van der Waals surface area contributed by atoms with E-state index in [4.69, 9.17) is 4.74 Å². The molecule has 2 fully saturated rings. The van der Waals surface area contributed by atoms with Gasteiger partial charge in [-0.1, -0.05) is 0 Å². The van der Waals surface area contributed by atoms with E-state index < -0.39 is 5.92 Å². The van der Waals surface area contributed by atoms with Gasteiger partial charge in [0.05, 0.1) is 13.0 Å². The van der Waals surface area contributed by atoms with Gasteiger partial charge in [-0.3, -0.25) is 9.59 Å². The van der Waals surface area contributed by atoms with Gasteiger partial charge in [0.25, 0.3) is 0 Å². The maximum atomic E-state index is 12.7. The lowest BCUT2D eigenvalue weighted by Gasteiger charge is -2.31. The van der Waals surface area contributed by atoms with Crippen LogP contribution in [0.25, 0.3) is 0 Å². The molecule has 0 aromatic heterocycles. The highest BCUT2D eigenvalue weighted by atomic mass is 16.5. The van der Waals surface area contributed by atoms with Gasteiger partial charge in [-0.15, -0.1) is 0 Å². The fourth-order valence-corrected chi connectivity index (χ4v) is 3.47. The van der Waals surface area contributed by atoms with E-state index in [0.717, 1.165) is 25.1 Å². The predicted molar refractivity (Wildman–Crippen MR) is 75.0 cm³/mol. The van der Waals surface area contributed by atoms with Gasteiger partial charge in [0.15, 0.2) is 5.78 Å². The Bertz CT molecular complexity index is 523. The van der Waals surface area contributed by atoms with E-state index in [2.05, 4.69) is 5.32 Å². The Labute approximate surface area is 118 Å². The Kier molecular flexibility index (Phi) is 3.57. The molecule has 1 aromatic carbocycles. The summed E-state index contributed by atoms with van der Waals surface area (Å²) in [5.74, 6) is 0.506. The molecule has 1 aromatic rings. The highest BCUT2D eigenvalue weighted by molar-refractivity contribution is 6.11. The summed E-state index contributed by atoms with van der Waals surface area (Å²) in [5, 5.41) is 3.41. The molecule has 106 valence electrons. The minimum absolute atomic E-state index is 0.0314. The van der Waals surface area contributed by atoms with Crippen molar-refractivity contribution in [2.24, 2.45) is 11.8 Å². The molecule has 1 saturated carbocycles. The number of ether oxygens (including phenoxy) is 1. The third-order valence-electron chi connectivity index (χ3n) is 4.53. The average molecular weight is 273 g/mol. The summed E-state index contributed by atoms with van der Waals surface area (Å²) in [6, 6.07) is 7.37. The van der Waals surface area contributed by atoms with E-state index >= 15 is 0 Å². The van der Waals surface area contributed by atoms with Crippen molar-refractivity contribution in [3.63, 3.8) is 0 Å². The van der Waals surface area contributed by atoms with Gasteiger partial charge in [-0.2, -0.15) is 0 Å². The molecular weight excluding hydrogens is 254 g/mol. The molecule has 4 nitrogen and oxygen atoms in total. The lowest BCUT2D eigenvalue weighted by Crippen LogP contribution is -2.43. The Hall–Kier alpha value is -1.68. The first-order chi connectivity index (χ1) is 9.70. The first-order valence-electron chi connectivity index (χ1n) is 7.15. The lowest BCUT2D eigenvalue weighted by atomic mass is 9.72. The molecule has 4 heteroatoms. The molecule has 0 radical (unpaired) electrons. The van der Waals surface area contributed by atoms with Gasteiger partial charge >= 0.3 is 0 Å². The number of rotatable bonds is 3. The number of methoxy groups -OCH3 is 1. The summed E-state index contributed by atoms with van der Waals surface area (Å²) in [6.07, 6.45) is 2.31. The van der Waals surface area contributed by atoms with Gasteiger partial charge in [0.2, 0.25) is 0 Å². The van der Waals surface area contributed by atoms with Crippen molar-refractivity contribution in [1.29, 1.82) is 0 Å². The van der Waals surface area contributed by atoms with Crippen LogP contribution in [-0.2, 0) is 4.79 Å². The summed E-state index contributed by atoms with van der Waals surface area (Å²) in [6.45, 7) is 0.912. The zero-order valence-corrected chi connectivity index (χ0v) is 11.6. The SMILES string of the molecule is COc1ccc(C(=O)C2C(=O)CCC3NCCC32)cc1. The topological polar surface area (TPSA) is 55.4 Å². The number of benzene rings is 1. The van der Waals surface area contributed by atoms with Crippen LogP contribution in [0, 0.1) is 11.8 Å². The van der Waals surface area contributed by atoms with E-state index in [0.29, 0.717) is 18.0 Å². The highest BCUT2D eigenvalue weighted by Gasteiger charge is 2.44. The number of nitrogens with one attached hydrogen (secondary N) is 1. The molecule has 1 aliphatic carbocycles. The molecule has 1 aliphatic heterocycles. The summed E-state index contributed by atoms with van der Waals surface area (Å²) in [5.41, 5.74) is 0.608. The number of hydrogen-bond acceptors (Lipinski definition) is 4. The Morgan fingerprint density at radius 3 is 2.70 bits per heavy atom. The fraction of sp³-hybridized carbons (Fsp3) is 0.500. The minimum atomic E-state index is -0.461. The number of hydrogen-bond donors (Lipinski definition) is 1. The standard InChI is InChI=1S/C16H19NO3/c1-20-11-4-2-10(3-5-11)16(19)15-12-8-9-17-13(12)6-7-14(15)18/h2-5,12-13,15,17H,6-9H2,1H3. The normalized spacial score (nSPS) is 29.1. The first-order valence-corrected chi connectivity index (χ1v) is 7.15. The molecule has 0 spiro atoms. The molecule has 0 amide bonds. The summed E-state index contributed by atoms with van der Waals surface area (Å²) < 4.78 is 5.10. The van der Waals surface area contributed by atoms with Crippen molar-refractivity contribution in [2.45, 2.75) is 25.3 Å². The minimum Gasteiger partial charge on any atom is -0.497 e. The van der Waals surface area contributed by atoms with Crippen molar-refractivity contribution in [2.75, 3.05) is 13.7 Å². The molecule has 1 heterocycles. The molecule has 3 unspecified atom stereocenters. The summed E-state index contributed by atoms with van der Waals surface area (Å²) in [7, 11) is 1.59. The smallest absolute Gasteiger partial charge is 0.173 e. The van der Waals surface area contributed by atoms with Crippen LogP contribution in [-0.4, -0.2) is 31.3 Å². The number of fused-ring (bicyclic) bond motifs is 1. The van der Waals surface area contributed by atoms with E-state index in [1.165, 1.54) is 0 Å². The number of carbonyl (C=O) groups is 2. The van der Waals surface area contributed by atoms with Gasteiger partial charge in [-0.25, -0.2) is 0 Å². The molecular formula is C16H19NO3. The van der Waals surface area contributed by atoms with E-state index in [1.807, 2.05) is 0 Å². The number of Topliss-reactive ketones (excluding diaryl/α,β-unsaturated/α-hetero) is 2. The Morgan fingerprint density at radius 1 is 1.25 bits per heavy atom. The molecule has 1 saturated heterocycles. The zero-order valence-electron chi connectivity index (χ0n) is 11.6. The van der Waals surface area contributed by atoms with Crippen LogP contribution in [0.15, 0.2) is 24.3 Å². The monoisotopic (exact) mass is 273 g/mol. The van der Waals surface area contributed by atoms with Gasteiger partial charge in [-0.05, 0) is 49.6 Å². The third kappa shape index (κ3) is 2.24. The Balaban J connectivity index is 1.85. The maximum Gasteiger partial charge on any atom is 0.173 e. The lowest BCUT2D eigenvalue weighted by molar-refractivity contribution is -0.125. The number of carbonyl (C=O) groups excluding carboxylic acids is 2. The van der Waals surface area contributed by atoms with E-state index in [-0.39, 0.29) is 17.5 Å². The summed E-state index contributed by atoms with van der Waals surface area (Å²) in [4.78, 5) is 24.9. The zero-order chi connectivity index (χ0) is 14.1. The van der Waals surface area contributed by atoms with Crippen molar-refractivity contribution in [3.8, 4) is 5.75 Å². The second-order valence-corrected chi connectivity index (χ2v) is 5.59. The van der Waals surface area contributed by atoms with Crippen LogP contribution in [0.3, 0.4) is 0 Å². The van der Waals surface area contributed by atoms with Crippen LogP contribution < -0.4 is 10.1 Å². The third-order valence-corrected chi connectivity index (χ3v) is 4.53. The average Bonchev–Trinajstić information content (AvgIpc) is 2.95. The predicted octanol–water partition coefficient (Wildman–Crippen LogP) is 1.84. The van der Waals surface area contributed by atoms with Gasteiger partial charge < -0.3 is 10.1 Å². The van der Waals surface area contributed by atoms with Crippen molar-refractivity contribution in [3.05, 3.63) is 29.8 Å². The van der Waals surface area contributed by atoms with Crippen LogP contribution in [0.1, 0.15) is 29.6 Å². The molecule has 3 rings (SSSR count). The first kappa shape index (κ1) is 13.3. The Morgan fingerprint density at radius 2 is 2.00 bits per heavy atom. The summed E-state index contributed by atoms with van der Waals surface area (Å²) >= 11 is 0. The van der Waals surface area contributed by atoms with Crippen LogP contribution >= 0.6 is 0 Å². The second-order valence-electron chi connectivity index (χ2n) is 5.59. The molecule has 0 bridgehead atoms. The maximum absolute atomic E-state index is 12.7. The van der Waals surface area contributed by atoms with Gasteiger partial charge in [0, 0.05) is 18.0 Å². The van der Waals surface area contributed by atoms with Crippen molar-refractivity contribution < 1.29 is 14.3 Å². The van der Waals surface area contributed by atoms with E-state index in [1.54, 1.807) is 31.4 Å². The quantitative estimate of drug-likeness (QED) is 0.674. The highest BCUT2D eigenvalue weighted by Crippen LogP contribution is 2.35. The van der Waals surface area contributed by atoms with Crippen molar-refractivity contribution >= 4 is 11.6 Å². The number of ketones is 2. The molecule has 2 aliphatic rings. The molecule has 3 atom stereocenters. The molecule has 1 N–H and O–H groups in total. The van der Waals surface area contributed by atoms with Crippen molar-refractivity contribution in [1.82, 2.24) is 5.32 Å². The van der Waals surface area contributed by atoms with Gasteiger partial charge in [0.1, 0.15) is 11.5 Å². The van der Waals surface area contributed by atoms with Crippen LogP contribution in [0.4, 0.5) is 0 Å². The fourth-order valence-electron chi connectivity index (χ4n) is 3.47. The molecule has 20 heavy (non-hydrogen) atoms. The van der Waals surface area contributed by atoms with Crippen LogP contribution in [0.2, 0.25) is 0 Å². The largest absolute Gasteiger partial charge is 0.497 e. The van der Waals surface area contributed by atoms with E-state index in [9.17, 15) is 9.59 Å². The second kappa shape index (κ2) is 5.37.